The average molecular weight is 356 g/mol. The molecule has 10 heteroatoms. The highest BCUT2D eigenvalue weighted by molar-refractivity contribution is 6.04. The van der Waals surface area contributed by atoms with E-state index < -0.39 is 48.7 Å². The first kappa shape index (κ1) is 18.9. The highest BCUT2D eigenvalue weighted by Crippen LogP contribution is 2.37. The first-order valence-electron chi connectivity index (χ1n) is 7.43. The Labute approximate surface area is 143 Å². The molecule has 0 aliphatic carbocycles. The van der Waals surface area contributed by atoms with Crippen LogP contribution in [0, 0.1) is 0 Å². The minimum absolute atomic E-state index is 0.0410. The third kappa shape index (κ3) is 3.11. The number of hydrogen-bond donors (Lipinski definition) is 4. The number of nitrogens with zero attached hydrogens (tertiary/aromatic N) is 1. The number of rotatable bonds is 4. The van der Waals surface area contributed by atoms with Crippen molar-refractivity contribution in [2.45, 2.75) is 31.2 Å². The van der Waals surface area contributed by atoms with E-state index in [1.165, 1.54) is 17.7 Å². The standard InChI is InChI=1S/C15H20N2O8/c1-6(19)16-10-11-9(15(23)25-3)7(14(22)24-2)4-17(11)8(5-18)12(20)13(10)21/h4,8,10,12-13,18,20-21H,5H2,1-3H3,(H,16,19)/t8-,10+,12-,13-/m1/s1. The second kappa shape index (κ2) is 7.21. The van der Waals surface area contributed by atoms with Gasteiger partial charge in [-0.05, 0) is 0 Å². The van der Waals surface area contributed by atoms with Crippen molar-refractivity contribution in [1.82, 2.24) is 9.88 Å². The molecule has 1 aliphatic heterocycles. The number of aromatic nitrogens is 1. The second-order valence-corrected chi connectivity index (χ2v) is 5.60. The smallest absolute Gasteiger partial charge is 0.340 e. The van der Waals surface area contributed by atoms with Gasteiger partial charge in [-0.25, -0.2) is 9.59 Å². The zero-order valence-electron chi connectivity index (χ0n) is 13.9. The number of ether oxygens (including phenoxy) is 2. The number of methoxy groups -OCH3 is 2. The summed E-state index contributed by atoms with van der Waals surface area (Å²) >= 11 is 0. The van der Waals surface area contributed by atoms with E-state index in [0.29, 0.717) is 0 Å². The van der Waals surface area contributed by atoms with Crippen LogP contribution in [-0.4, -0.2) is 70.8 Å². The molecule has 0 saturated carbocycles. The Bertz CT molecular complexity index is 698. The Hall–Kier alpha value is -2.43. The van der Waals surface area contributed by atoms with E-state index in [0.717, 1.165) is 14.2 Å². The van der Waals surface area contributed by atoms with Crippen LogP contribution in [0.2, 0.25) is 0 Å². The fourth-order valence-corrected chi connectivity index (χ4v) is 3.03. The van der Waals surface area contributed by atoms with E-state index >= 15 is 0 Å². The molecule has 0 radical (unpaired) electrons. The molecule has 0 bridgehead atoms. The fourth-order valence-electron chi connectivity index (χ4n) is 3.03. The summed E-state index contributed by atoms with van der Waals surface area (Å²) < 4.78 is 10.6. The minimum atomic E-state index is -1.52. The molecule has 138 valence electrons. The predicted molar refractivity (Wildman–Crippen MR) is 81.8 cm³/mol. The maximum absolute atomic E-state index is 12.2. The number of hydrogen-bond acceptors (Lipinski definition) is 8. The van der Waals surface area contributed by atoms with Crippen LogP contribution in [0.1, 0.15) is 45.4 Å². The molecule has 0 unspecified atom stereocenters. The summed E-state index contributed by atoms with van der Waals surface area (Å²) in [5.74, 6) is -2.25. The molecule has 1 aromatic rings. The largest absolute Gasteiger partial charge is 0.465 e. The van der Waals surface area contributed by atoms with Crippen molar-refractivity contribution < 1.29 is 39.2 Å². The molecule has 1 aliphatic rings. The first-order valence-corrected chi connectivity index (χ1v) is 7.43. The molecule has 1 amide bonds. The van der Waals surface area contributed by atoms with Crippen molar-refractivity contribution in [3.05, 3.63) is 23.0 Å². The van der Waals surface area contributed by atoms with Gasteiger partial charge >= 0.3 is 11.9 Å². The van der Waals surface area contributed by atoms with Crippen molar-refractivity contribution in [3.8, 4) is 0 Å². The molecule has 1 aromatic heterocycles. The van der Waals surface area contributed by atoms with Crippen molar-refractivity contribution in [1.29, 1.82) is 0 Å². The SMILES string of the molecule is COC(=O)c1cn2c(c1C(=O)OC)[C@H](NC(C)=O)[C@@H](O)[C@H](O)[C@H]2CO. The van der Waals surface area contributed by atoms with Crippen molar-refractivity contribution in [2.24, 2.45) is 0 Å². The Balaban J connectivity index is 2.78. The molecular formula is C15H20N2O8. The van der Waals surface area contributed by atoms with Gasteiger partial charge in [0.15, 0.2) is 0 Å². The molecule has 2 heterocycles. The summed E-state index contributed by atoms with van der Waals surface area (Å²) in [7, 11) is 2.23. The lowest BCUT2D eigenvalue weighted by Gasteiger charge is -2.39. The topological polar surface area (TPSA) is 147 Å². The maximum atomic E-state index is 12.2. The number of aliphatic hydroxyl groups is 3. The maximum Gasteiger partial charge on any atom is 0.340 e. The number of nitrogens with one attached hydrogen (secondary N) is 1. The predicted octanol–water partition coefficient (Wildman–Crippen LogP) is -1.49. The van der Waals surface area contributed by atoms with E-state index in [9.17, 15) is 29.7 Å². The Morgan fingerprint density at radius 1 is 1.16 bits per heavy atom. The quantitative estimate of drug-likeness (QED) is 0.477. The fraction of sp³-hybridized carbons (Fsp3) is 0.533. The van der Waals surface area contributed by atoms with Crippen LogP contribution in [-0.2, 0) is 14.3 Å². The molecule has 0 saturated heterocycles. The van der Waals surface area contributed by atoms with Crippen LogP contribution in [0.15, 0.2) is 6.20 Å². The van der Waals surface area contributed by atoms with Gasteiger partial charge in [-0.15, -0.1) is 0 Å². The van der Waals surface area contributed by atoms with E-state index in [1.807, 2.05) is 0 Å². The van der Waals surface area contributed by atoms with Gasteiger partial charge in [0, 0.05) is 13.1 Å². The van der Waals surface area contributed by atoms with Gasteiger partial charge in [0.2, 0.25) is 5.91 Å². The van der Waals surface area contributed by atoms with Gasteiger partial charge < -0.3 is 34.7 Å². The van der Waals surface area contributed by atoms with E-state index in [4.69, 9.17) is 4.74 Å². The van der Waals surface area contributed by atoms with Crippen molar-refractivity contribution >= 4 is 17.8 Å². The zero-order chi connectivity index (χ0) is 18.9. The Kier molecular flexibility index (Phi) is 5.45. The minimum Gasteiger partial charge on any atom is -0.465 e. The van der Waals surface area contributed by atoms with Crippen molar-refractivity contribution in [3.63, 3.8) is 0 Å². The van der Waals surface area contributed by atoms with Crippen LogP contribution >= 0.6 is 0 Å². The van der Waals surface area contributed by atoms with Crippen LogP contribution < -0.4 is 5.32 Å². The van der Waals surface area contributed by atoms with Crippen LogP contribution in [0.5, 0.6) is 0 Å². The molecule has 0 aromatic carbocycles. The number of aliphatic hydroxyl groups excluding tert-OH is 3. The number of esters is 2. The monoisotopic (exact) mass is 356 g/mol. The summed E-state index contributed by atoms with van der Waals surface area (Å²) in [6, 6.07) is -2.22. The van der Waals surface area contributed by atoms with Crippen LogP contribution in [0.25, 0.3) is 0 Å². The molecule has 4 atom stereocenters. The number of carbonyl (C=O) groups is 3. The highest BCUT2D eigenvalue weighted by atomic mass is 16.5. The molecule has 0 spiro atoms. The first-order chi connectivity index (χ1) is 11.8. The van der Waals surface area contributed by atoms with Gasteiger partial charge in [-0.1, -0.05) is 0 Å². The van der Waals surface area contributed by atoms with Crippen LogP contribution in [0.3, 0.4) is 0 Å². The van der Waals surface area contributed by atoms with Gasteiger partial charge in [0.25, 0.3) is 0 Å². The number of carbonyl (C=O) groups excluding carboxylic acids is 3. The molecule has 10 nitrogen and oxygen atoms in total. The summed E-state index contributed by atoms with van der Waals surface area (Å²) in [5.41, 5.74) is -0.337. The Morgan fingerprint density at radius 2 is 1.76 bits per heavy atom. The normalized spacial score (nSPS) is 25.0. The molecule has 2 rings (SSSR count). The van der Waals surface area contributed by atoms with Gasteiger partial charge in [0.1, 0.15) is 12.2 Å². The lowest BCUT2D eigenvalue weighted by Crippen LogP contribution is -2.51. The third-order valence-corrected chi connectivity index (χ3v) is 4.15. The Morgan fingerprint density at radius 3 is 2.24 bits per heavy atom. The molecule has 25 heavy (non-hydrogen) atoms. The number of fused-ring (bicyclic) bond motifs is 1. The molecule has 4 N–H and O–H groups in total. The van der Waals surface area contributed by atoms with E-state index in [2.05, 4.69) is 10.1 Å². The van der Waals surface area contributed by atoms with E-state index in [-0.39, 0.29) is 16.8 Å². The average Bonchev–Trinajstić information content (AvgIpc) is 2.97. The number of amides is 1. The third-order valence-electron chi connectivity index (χ3n) is 4.15. The summed E-state index contributed by atoms with van der Waals surface area (Å²) in [4.78, 5) is 35.8. The van der Waals surface area contributed by atoms with Gasteiger partial charge in [-0.3, -0.25) is 4.79 Å². The second-order valence-electron chi connectivity index (χ2n) is 5.60. The summed E-state index contributed by atoms with van der Waals surface area (Å²) in [6.45, 7) is 0.622. The van der Waals surface area contributed by atoms with Gasteiger partial charge in [-0.2, -0.15) is 0 Å². The summed E-state index contributed by atoms with van der Waals surface area (Å²) in [6.07, 6.45) is -1.74. The van der Waals surface area contributed by atoms with Gasteiger partial charge in [0.05, 0.1) is 49.7 Å². The summed E-state index contributed by atoms with van der Waals surface area (Å²) in [5, 5.41) is 32.6. The lowest BCUT2D eigenvalue weighted by atomic mass is 9.90. The van der Waals surface area contributed by atoms with Crippen molar-refractivity contribution in [2.75, 3.05) is 20.8 Å². The van der Waals surface area contributed by atoms with Crippen LogP contribution in [0.4, 0.5) is 0 Å². The molecule has 0 fully saturated rings. The highest BCUT2D eigenvalue weighted by Gasteiger charge is 2.45. The molecular weight excluding hydrogens is 336 g/mol. The zero-order valence-corrected chi connectivity index (χ0v) is 13.9. The lowest BCUT2D eigenvalue weighted by molar-refractivity contribution is -0.123. The van der Waals surface area contributed by atoms with E-state index in [1.54, 1.807) is 0 Å².